The maximum absolute atomic E-state index is 12.0. The number of piperidine rings is 2. The molecule has 4 nitrogen and oxygen atoms in total. The van der Waals surface area contributed by atoms with Crippen LogP contribution >= 0.6 is 0 Å². The second-order valence-electron chi connectivity index (χ2n) is 4.97. The fourth-order valence-electron chi connectivity index (χ4n) is 2.93. The number of esters is 1. The summed E-state index contributed by atoms with van der Waals surface area (Å²) in [6.07, 6.45) is 7.38. The molecule has 0 aromatic heterocycles. The van der Waals surface area contributed by atoms with Crippen LogP contribution in [0.25, 0.3) is 0 Å². The summed E-state index contributed by atoms with van der Waals surface area (Å²) in [5.74, 6) is -0.0282. The summed E-state index contributed by atoms with van der Waals surface area (Å²) in [5, 5.41) is 3.53. The number of nitrogens with zero attached hydrogens (tertiary/aromatic N) is 1. The number of hydrogen-bond donors (Lipinski definition) is 1. The first-order chi connectivity index (χ1) is 8.33. The van der Waals surface area contributed by atoms with Gasteiger partial charge in [-0.15, -0.1) is 0 Å². The van der Waals surface area contributed by atoms with E-state index in [4.69, 9.17) is 4.74 Å². The minimum absolute atomic E-state index is 0.0145. The maximum Gasteiger partial charge on any atom is 0.323 e. The van der Waals surface area contributed by atoms with E-state index in [1.54, 1.807) is 0 Å². The molecule has 17 heavy (non-hydrogen) atoms. The lowest BCUT2D eigenvalue weighted by atomic mass is 9.99. The van der Waals surface area contributed by atoms with Gasteiger partial charge in [0.1, 0.15) is 6.04 Å². The molecule has 2 aliphatic rings. The predicted molar refractivity (Wildman–Crippen MR) is 66.6 cm³/mol. The molecule has 0 bridgehead atoms. The summed E-state index contributed by atoms with van der Waals surface area (Å²) in [4.78, 5) is 14.3. The van der Waals surface area contributed by atoms with Crippen LogP contribution in [0.4, 0.5) is 0 Å². The molecule has 0 aromatic rings. The van der Waals surface area contributed by atoms with Crippen LogP contribution in [0.15, 0.2) is 0 Å². The summed E-state index contributed by atoms with van der Waals surface area (Å²) < 4.78 is 5.19. The highest BCUT2D eigenvalue weighted by atomic mass is 16.5. The summed E-state index contributed by atoms with van der Waals surface area (Å²) in [5.41, 5.74) is 0. The molecular formula is C13H24N2O2. The molecule has 0 aromatic carbocycles. The highest BCUT2D eigenvalue weighted by Gasteiger charge is 2.34. The van der Waals surface area contributed by atoms with E-state index in [2.05, 4.69) is 10.2 Å². The first-order valence-corrected chi connectivity index (χ1v) is 6.98. The van der Waals surface area contributed by atoms with Crippen LogP contribution in [0.1, 0.15) is 45.4 Å². The Morgan fingerprint density at radius 1 is 1.29 bits per heavy atom. The number of rotatable bonds is 3. The molecule has 0 aliphatic carbocycles. The predicted octanol–water partition coefficient (Wildman–Crippen LogP) is 1.50. The average Bonchev–Trinajstić information content (AvgIpc) is 2.40. The Morgan fingerprint density at radius 2 is 2.12 bits per heavy atom. The van der Waals surface area contributed by atoms with Crippen LogP contribution in [0.3, 0.4) is 0 Å². The zero-order valence-electron chi connectivity index (χ0n) is 10.8. The van der Waals surface area contributed by atoms with Gasteiger partial charge in [0.15, 0.2) is 0 Å². The molecular weight excluding hydrogens is 216 g/mol. The quantitative estimate of drug-likeness (QED) is 0.759. The molecule has 0 amide bonds. The Hall–Kier alpha value is -0.610. The van der Waals surface area contributed by atoms with Gasteiger partial charge in [0, 0.05) is 6.54 Å². The molecule has 0 radical (unpaired) electrons. The highest BCUT2D eigenvalue weighted by molar-refractivity contribution is 5.75. The molecule has 2 fully saturated rings. The third kappa shape index (κ3) is 3.19. The van der Waals surface area contributed by atoms with Crippen molar-refractivity contribution >= 4 is 5.97 Å². The van der Waals surface area contributed by atoms with Gasteiger partial charge in [-0.2, -0.15) is 0 Å². The summed E-state index contributed by atoms with van der Waals surface area (Å²) in [6.45, 7) is 4.48. The van der Waals surface area contributed by atoms with Crippen molar-refractivity contribution < 1.29 is 9.53 Å². The summed E-state index contributed by atoms with van der Waals surface area (Å²) in [6, 6.07) is -0.0145. The van der Waals surface area contributed by atoms with Crippen LogP contribution in [0.2, 0.25) is 0 Å². The average molecular weight is 240 g/mol. The van der Waals surface area contributed by atoms with Crippen molar-refractivity contribution in [1.82, 2.24) is 10.2 Å². The van der Waals surface area contributed by atoms with Gasteiger partial charge in [-0.1, -0.05) is 6.42 Å². The molecule has 2 rings (SSSR count). The van der Waals surface area contributed by atoms with Gasteiger partial charge >= 0.3 is 5.97 Å². The SMILES string of the molecule is CCOC(=O)C1CCCCN1C1CCCCN1. The van der Waals surface area contributed by atoms with Gasteiger partial charge < -0.3 is 10.1 Å². The molecule has 2 unspecified atom stereocenters. The number of hydrogen-bond acceptors (Lipinski definition) is 4. The van der Waals surface area contributed by atoms with Crippen molar-refractivity contribution in [1.29, 1.82) is 0 Å². The van der Waals surface area contributed by atoms with E-state index in [-0.39, 0.29) is 12.0 Å². The first-order valence-electron chi connectivity index (χ1n) is 6.98. The van der Waals surface area contributed by atoms with Crippen LogP contribution < -0.4 is 5.32 Å². The summed E-state index contributed by atoms with van der Waals surface area (Å²) in [7, 11) is 0. The van der Waals surface area contributed by atoms with Crippen LogP contribution in [0, 0.1) is 0 Å². The molecule has 1 N–H and O–H groups in total. The van der Waals surface area contributed by atoms with Gasteiger partial charge in [0.2, 0.25) is 0 Å². The minimum atomic E-state index is -0.0282. The molecule has 4 heteroatoms. The largest absolute Gasteiger partial charge is 0.465 e. The third-order valence-corrected chi connectivity index (χ3v) is 3.79. The normalized spacial score (nSPS) is 31.1. The smallest absolute Gasteiger partial charge is 0.323 e. The zero-order chi connectivity index (χ0) is 12.1. The van der Waals surface area contributed by atoms with E-state index in [1.807, 2.05) is 6.92 Å². The topological polar surface area (TPSA) is 41.6 Å². The van der Waals surface area contributed by atoms with Gasteiger partial charge in [0.05, 0.1) is 12.8 Å². The lowest BCUT2D eigenvalue weighted by molar-refractivity contribution is -0.152. The van der Waals surface area contributed by atoms with Crippen LogP contribution in [-0.2, 0) is 9.53 Å². The van der Waals surface area contributed by atoms with E-state index in [9.17, 15) is 4.79 Å². The third-order valence-electron chi connectivity index (χ3n) is 3.79. The molecule has 98 valence electrons. The van der Waals surface area contributed by atoms with E-state index in [1.165, 1.54) is 19.3 Å². The summed E-state index contributed by atoms with van der Waals surface area (Å²) >= 11 is 0. The number of carbonyl (C=O) groups is 1. The molecule has 2 saturated heterocycles. The van der Waals surface area contributed by atoms with E-state index >= 15 is 0 Å². The number of nitrogens with one attached hydrogen (secondary N) is 1. The lowest BCUT2D eigenvalue weighted by Crippen LogP contribution is -2.56. The molecule has 2 atom stereocenters. The van der Waals surface area contributed by atoms with Crippen LogP contribution in [-0.4, -0.2) is 42.8 Å². The number of ether oxygens (including phenoxy) is 1. The Bertz CT molecular complexity index is 252. The Morgan fingerprint density at radius 3 is 2.82 bits per heavy atom. The lowest BCUT2D eigenvalue weighted by Gasteiger charge is -2.41. The van der Waals surface area contributed by atoms with E-state index < -0.39 is 0 Å². The van der Waals surface area contributed by atoms with Crippen molar-refractivity contribution in [2.75, 3.05) is 19.7 Å². The van der Waals surface area contributed by atoms with Gasteiger partial charge in [-0.3, -0.25) is 9.69 Å². The molecule has 2 heterocycles. The standard InChI is InChI=1S/C13H24N2O2/c1-2-17-13(16)11-7-4-6-10-15(11)12-8-3-5-9-14-12/h11-12,14H,2-10H2,1H3. The second-order valence-corrected chi connectivity index (χ2v) is 4.97. The van der Waals surface area contributed by atoms with Crippen molar-refractivity contribution in [2.45, 2.75) is 57.7 Å². The zero-order valence-corrected chi connectivity index (χ0v) is 10.8. The van der Waals surface area contributed by atoms with Crippen LogP contribution in [0.5, 0.6) is 0 Å². The molecule has 0 saturated carbocycles. The number of likely N-dealkylation sites (tertiary alicyclic amines) is 1. The van der Waals surface area contributed by atoms with Gasteiger partial charge in [-0.05, 0) is 45.6 Å². The van der Waals surface area contributed by atoms with Crippen molar-refractivity contribution in [3.63, 3.8) is 0 Å². The van der Waals surface area contributed by atoms with Crippen molar-refractivity contribution in [3.8, 4) is 0 Å². The second kappa shape index (κ2) is 6.36. The monoisotopic (exact) mass is 240 g/mol. The van der Waals surface area contributed by atoms with Crippen molar-refractivity contribution in [3.05, 3.63) is 0 Å². The van der Waals surface area contributed by atoms with E-state index in [0.717, 1.165) is 32.4 Å². The van der Waals surface area contributed by atoms with Gasteiger partial charge in [0.25, 0.3) is 0 Å². The van der Waals surface area contributed by atoms with Gasteiger partial charge in [-0.25, -0.2) is 0 Å². The highest BCUT2D eigenvalue weighted by Crippen LogP contribution is 2.23. The molecule has 0 spiro atoms. The Labute approximate surface area is 104 Å². The maximum atomic E-state index is 12.0. The van der Waals surface area contributed by atoms with Crippen molar-refractivity contribution in [2.24, 2.45) is 0 Å². The minimum Gasteiger partial charge on any atom is -0.465 e. The first kappa shape index (κ1) is 12.8. The molecule has 2 aliphatic heterocycles. The Balaban J connectivity index is 1.97. The fourth-order valence-corrected chi connectivity index (χ4v) is 2.93. The fraction of sp³-hybridized carbons (Fsp3) is 0.923. The number of carbonyl (C=O) groups excluding carboxylic acids is 1. The Kier molecular flexibility index (Phi) is 4.80. The van der Waals surface area contributed by atoms with E-state index in [0.29, 0.717) is 12.8 Å².